The molecule has 2 aromatic rings. The van der Waals surface area contributed by atoms with E-state index in [2.05, 4.69) is 17.1 Å². The van der Waals surface area contributed by atoms with Gasteiger partial charge in [-0.05, 0) is 30.4 Å². The molecule has 0 spiro atoms. The molecule has 0 aliphatic carbocycles. The molecule has 1 aliphatic heterocycles. The van der Waals surface area contributed by atoms with E-state index in [0.717, 1.165) is 16.9 Å². The molecule has 3 heteroatoms. The number of benzene rings is 1. The van der Waals surface area contributed by atoms with Gasteiger partial charge in [-0.3, -0.25) is 0 Å². The second kappa shape index (κ2) is 4.10. The molecule has 3 rings (SSSR count). The van der Waals surface area contributed by atoms with Gasteiger partial charge in [0.1, 0.15) is 11.1 Å². The summed E-state index contributed by atoms with van der Waals surface area (Å²) in [5.74, 6) is 0. The monoisotopic (exact) mass is 229 g/mol. The molecule has 0 N–H and O–H groups in total. The van der Waals surface area contributed by atoms with E-state index in [1.807, 2.05) is 30.4 Å². The number of thiazole rings is 1. The maximum atomic E-state index is 5.36. The fourth-order valence-electron chi connectivity index (χ4n) is 1.68. The third-order valence-corrected chi connectivity index (χ3v) is 3.48. The number of hydrogen-bond donors (Lipinski definition) is 0. The minimum Gasteiger partial charge on any atom is -0.494 e. The van der Waals surface area contributed by atoms with Crippen LogP contribution in [-0.2, 0) is 4.74 Å². The number of nitrogens with zero attached hydrogens (tertiary/aromatic N) is 1. The summed E-state index contributed by atoms with van der Waals surface area (Å²) >= 11 is 1.71. The van der Waals surface area contributed by atoms with Gasteiger partial charge in [-0.1, -0.05) is 12.1 Å². The van der Waals surface area contributed by atoms with Gasteiger partial charge in [-0.2, -0.15) is 0 Å². The van der Waals surface area contributed by atoms with Crippen molar-refractivity contribution < 1.29 is 4.74 Å². The molecule has 0 radical (unpaired) electrons. The zero-order chi connectivity index (χ0) is 10.8. The molecule has 2 nitrogen and oxygen atoms in total. The average molecular weight is 229 g/mol. The number of hydrogen-bond acceptors (Lipinski definition) is 3. The molecule has 1 atom stereocenters. The summed E-state index contributed by atoms with van der Waals surface area (Å²) in [5.41, 5.74) is 1.07. The number of ether oxygens (including phenoxy) is 1. The Balaban J connectivity index is 1.83. The Hall–Kier alpha value is -1.61. The Bertz CT molecular complexity index is 515. The van der Waals surface area contributed by atoms with Gasteiger partial charge < -0.3 is 4.74 Å². The Kier molecular flexibility index (Phi) is 2.46. The molecule has 0 bridgehead atoms. The highest BCUT2D eigenvalue weighted by atomic mass is 32.1. The van der Waals surface area contributed by atoms with Crippen molar-refractivity contribution in [2.24, 2.45) is 0 Å². The van der Waals surface area contributed by atoms with Gasteiger partial charge >= 0.3 is 0 Å². The zero-order valence-corrected chi connectivity index (χ0v) is 9.48. The van der Waals surface area contributed by atoms with E-state index in [1.165, 1.54) is 4.70 Å². The first-order valence-corrected chi connectivity index (χ1v) is 6.08. The Labute approximate surface area is 97.9 Å². The first kappa shape index (κ1) is 9.60. The minimum atomic E-state index is 0.187. The van der Waals surface area contributed by atoms with Crippen LogP contribution in [0.1, 0.15) is 11.4 Å². The van der Waals surface area contributed by atoms with Crippen LogP contribution in [0.3, 0.4) is 0 Å². The van der Waals surface area contributed by atoms with Gasteiger partial charge in [-0.25, -0.2) is 4.98 Å². The minimum absolute atomic E-state index is 0.187. The van der Waals surface area contributed by atoms with Gasteiger partial charge in [-0.15, -0.1) is 11.3 Å². The number of rotatable bonds is 2. The summed E-state index contributed by atoms with van der Waals surface area (Å²) in [6.45, 7) is 0. The number of fused-ring (bicyclic) bond motifs is 1. The molecule has 0 fully saturated rings. The van der Waals surface area contributed by atoms with Gasteiger partial charge in [0.05, 0.1) is 16.5 Å². The van der Waals surface area contributed by atoms with Crippen molar-refractivity contribution in [1.82, 2.24) is 4.98 Å². The number of para-hydroxylation sites is 1. The molecule has 0 saturated carbocycles. The SMILES string of the molecule is C1=COC(/C=C/c2nc3ccccc3s2)C1. The van der Waals surface area contributed by atoms with Crippen molar-refractivity contribution in [1.29, 1.82) is 0 Å². The normalized spacial score (nSPS) is 19.6. The predicted octanol–water partition coefficient (Wildman–Crippen LogP) is 3.61. The number of aromatic nitrogens is 1. The van der Waals surface area contributed by atoms with E-state index < -0.39 is 0 Å². The van der Waals surface area contributed by atoms with Crippen molar-refractivity contribution in [3.05, 3.63) is 47.7 Å². The average Bonchev–Trinajstić information content (AvgIpc) is 2.95. The second-order valence-corrected chi connectivity index (χ2v) is 4.72. The summed E-state index contributed by atoms with van der Waals surface area (Å²) < 4.78 is 6.59. The molecule has 1 aliphatic rings. The smallest absolute Gasteiger partial charge is 0.120 e. The summed E-state index contributed by atoms with van der Waals surface area (Å²) in [4.78, 5) is 4.53. The molecule has 0 saturated heterocycles. The Morgan fingerprint density at radius 2 is 2.31 bits per heavy atom. The molecule has 0 amide bonds. The van der Waals surface area contributed by atoms with E-state index in [-0.39, 0.29) is 6.10 Å². The van der Waals surface area contributed by atoms with Gasteiger partial charge in [0.15, 0.2) is 0 Å². The highest BCUT2D eigenvalue weighted by Crippen LogP contribution is 2.23. The Morgan fingerprint density at radius 1 is 1.38 bits per heavy atom. The van der Waals surface area contributed by atoms with E-state index in [9.17, 15) is 0 Å². The van der Waals surface area contributed by atoms with Crippen LogP contribution >= 0.6 is 11.3 Å². The zero-order valence-electron chi connectivity index (χ0n) is 8.67. The fourth-order valence-corrected chi connectivity index (χ4v) is 2.56. The summed E-state index contributed by atoms with van der Waals surface area (Å²) in [7, 11) is 0. The van der Waals surface area contributed by atoms with Crippen molar-refractivity contribution >= 4 is 27.6 Å². The van der Waals surface area contributed by atoms with E-state index in [0.29, 0.717) is 0 Å². The van der Waals surface area contributed by atoms with Crippen LogP contribution < -0.4 is 0 Å². The van der Waals surface area contributed by atoms with Crippen LogP contribution in [0, 0.1) is 0 Å². The van der Waals surface area contributed by atoms with Gasteiger partial charge in [0.25, 0.3) is 0 Å². The van der Waals surface area contributed by atoms with E-state index in [4.69, 9.17) is 4.74 Å². The lowest BCUT2D eigenvalue weighted by Gasteiger charge is -2.01. The predicted molar refractivity (Wildman–Crippen MR) is 67.3 cm³/mol. The Morgan fingerprint density at radius 3 is 3.12 bits per heavy atom. The maximum absolute atomic E-state index is 5.36. The third-order valence-electron chi connectivity index (χ3n) is 2.48. The van der Waals surface area contributed by atoms with Gasteiger partial charge in [0.2, 0.25) is 0 Å². The van der Waals surface area contributed by atoms with E-state index in [1.54, 1.807) is 17.6 Å². The summed E-state index contributed by atoms with van der Waals surface area (Å²) in [6.07, 6.45) is 9.05. The first-order valence-electron chi connectivity index (χ1n) is 5.26. The lowest BCUT2D eigenvalue weighted by molar-refractivity contribution is 0.215. The molecule has 1 unspecified atom stereocenters. The van der Waals surface area contributed by atoms with Crippen molar-refractivity contribution in [3.8, 4) is 0 Å². The van der Waals surface area contributed by atoms with Crippen LogP contribution in [-0.4, -0.2) is 11.1 Å². The topological polar surface area (TPSA) is 22.1 Å². The quantitative estimate of drug-likeness (QED) is 0.784. The molecule has 2 heterocycles. The van der Waals surface area contributed by atoms with Crippen LogP contribution in [0.4, 0.5) is 0 Å². The molecule has 16 heavy (non-hydrogen) atoms. The third kappa shape index (κ3) is 1.86. The highest BCUT2D eigenvalue weighted by Gasteiger charge is 2.07. The van der Waals surface area contributed by atoms with Crippen molar-refractivity contribution in [3.63, 3.8) is 0 Å². The summed E-state index contributed by atoms with van der Waals surface area (Å²) in [6, 6.07) is 8.19. The first-order chi connectivity index (χ1) is 7.92. The second-order valence-electron chi connectivity index (χ2n) is 3.66. The van der Waals surface area contributed by atoms with Crippen molar-refractivity contribution in [2.75, 3.05) is 0 Å². The van der Waals surface area contributed by atoms with Crippen molar-refractivity contribution in [2.45, 2.75) is 12.5 Å². The maximum Gasteiger partial charge on any atom is 0.120 e. The van der Waals surface area contributed by atoms with Crippen LogP contribution in [0.5, 0.6) is 0 Å². The molecular weight excluding hydrogens is 218 g/mol. The van der Waals surface area contributed by atoms with Crippen LogP contribution in [0.25, 0.3) is 16.3 Å². The summed E-state index contributed by atoms with van der Waals surface area (Å²) in [5, 5.41) is 1.04. The molecule has 1 aromatic carbocycles. The lowest BCUT2D eigenvalue weighted by atomic mass is 10.2. The molecular formula is C13H11NOS. The van der Waals surface area contributed by atoms with Crippen LogP contribution in [0.2, 0.25) is 0 Å². The van der Waals surface area contributed by atoms with Crippen LogP contribution in [0.15, 0.2) is 42.7 Å². The lowest BCUT2D eigenvalue weighted by Crippen LogP contribution is -1.97. The van der Waals surface area contributed by atoms with E-state index >= 15 is 0 Å². The van der Waals surface area contributed by atoms with Gasteiger partial charge in [0, 0.05) is 6.42 Å². The standard InChI is InChI=1S/C13H11NOS/c1-2-6-12-11(5-1)14-13(16-12)8-7-10-4-3-9-15-10/h1-3,5-10H,4H2/b8-7+. The molecule has 1 aromatic heterocycles. The fraction of sp³-hybridized carbons (Fsp3) is 0.154. The largest absolute Gasteiger partial charge is 0.494 e. The molecule has 80 valence electrons. The highest BCUT2D eigenvalue weighted by molar-refractivity contribution is 7.19.